The molecule has 1 fully saturated rings. The van der Waals surface area contributed by atoms with Crippen molar-refractivity contribution in [2.45, 2.75) is 32.2 Å². The van der Waals surface area contributed by atoms with Gasteiger partial charge in [0.1, 0.15) is 11.6 Å². The Bertz CT molecular complexity index is 889. The fraction of sp³-hybridized carbons (Fsp3) is 0.350. The number of nitriles is 1. The zero-order chi connectivity index (χ0) is 17.4. The first-order valence-electron chi connectivity index (χ1n) is 8.73. The molecule has 0 amide bonds. The molecule has 1 atom stereocenters. The van der Waals surface area contributed by atoms with E-state index < -0.39 is 0 Å². The number of hydrogen-bond acceptors (Lipinski definition) is 4. The molecular formula is C20H20N4O. The Kier molecular flexibility index (Phi) is 3.89. The van der Waals surface area contributed by atoms with Crippen LogP contribution in [-0.4, -0.2) is 33.3 Å². The van der Waals surface area contributed by atoms with Crippen molar-refractivity contribution in [2.75, 3.05) is 13.1 Å². The van der Waals surface area contributed by atoms with Gasteiger partial charge in [-0.05, 0) is 30.0 Å². The quantitative estimate of drug-likeness (QED) is 0.867. The number of hydrogen-bond donors (Lipinski definition) is 0. The Hall–Kier alpha value is -2.87. The number of nitrogens with zero attached hydrogens (tertiary/aromatic N) is 4. The van der Waals surface area contributed by atoms with Gasteiger partial charge in [-0.3, -0.25) is 4.79 Å². The molecule has 0 N–H and O–H groups in total. The second-order valence-electron chi connectivity index (χ2n) is 6.68. The van der Waals surface area contributed by atoms with E-state index in [4.69, 9.17) is 0 Å². The summed E-state index contributed by atoms with van der Waals surface area (Å²) >= 11 is 0. The van der Waals surface area contributed by atoms with E-state index in [9.17, 15) is 10.1 Å². The fourth-order valence-corrected chi connectivity index (χ4v) is 3.86. The van der Waals surface area contributed by atoms with Crippen molar-refractivity contribution in [1.29, 1.82) is 5.26 Å². The maximum atomic E-state index is 12.5. The van der Waals surface area contributed by atoms with Crippen LogP contribution in [0.25, 0.3) is 5.70 Å². The number of fused-ring (bicyclic) bond motifs is 1. The number of aromatic nitrogens is 2. The molecule has 5 nitrogen and oxygen atoms in total. The lowest BCUT2D eigenvalue weighted by molar-refractivity contribution is -0.114. The predicted octanol–water partition coefficient (Wildman–Crippen LogP) is 2.75. The van der Waals surface area contributed by atoms with Gasteiger partial charge in [0.2, 0.25) is 0 Å². The Morgan fingerprint density at radius 3 is 3.00 bits per heavy atom. The summed E-state index contributed by atoms with van der Waals surface area (Å²) in [4.78, 5) is 18.8. The van der Waals surface area contributed by atoms with E-state index in [0.29, 0.717) is 18.0 Å². The van der Waals surface area contributed by atoms with Gasteiger partial charge in [0.25, 0.3) is 0 Å². The van der Waals surface area contributed by atoms with Crippen LogP contribution in [0.5, 0.6) is 0 Å². The summed E-state index contributed by atoms with van der Waals surface area (Å²) in [5.41, 5.74) is 4.45. The number of likely N-dealkylation sites (tertiary alicyclic amines) is 1. The van der Waals surface area contributed by atoms with Gasteiger partial charge in [-0.2, -0.15) is 5.26 Å². The molecule has 0 spiro atoms. The van der Waals surface area contributed by atoms with Crippen molar-refractivity contribution >= 4 is 11.5 Å². The van der Waals surface area contributed by atoms with Crippen LogP contribution in [0.15, 0.2) is 42.5 Å². The highest BCUT2D eigenvalue weighted by Gasteiger charge is 2.33. The standard InChI is InChI=1S/C20H20N4O/c1-2-14-3-4-15-10-19(25)18(11-21)20(17(15)9-14)23-7-5-16(12-23)24-8-6-22-13-24/h3-4,6,8-9,13,16H,2,5,7,10,12H2,1H3/t16-/m1/s1. The third kappa shape index (κ3) is 2.64. The molecule has 0 unspecified atom stereocenters. The van der Waals surface area contributed by atoms with Crippen LogP contribution in [0.3, 0.4) is 0 Å². The molecule has 1 aliphatic carbocycles. The molecule has 126 valence electrons. The molecule has 25 heavy (non-hydrogen) atoms. The van der Waals surface area contributed by atoms with Crippen LogP contribution in [0.4, 0.5) is 0 Å². The summed E-state index contributed by atoms with van der Waals surface area (Å²) in [6.45, 7) is 3.75. The second-order valence-corrected chi connectivity index (χ2v) is 6.68. The second kappa shape index (κ2) is 6.21. The average Bonchev–Trinajstić information content (AvgIpc) is 3.31. The maximum absolute atomic E-state index is 12.5. The van der Waals surface area contributed by atoms with Crippen molar-refractivity contribution in [3.8, 4) is 6.07 Å². The molecule has 0 saturated carbocycles. The first-order chi connectivity index (χ1) is 12.2. The fourth-order valence-electron chi connectivity index (χ4n) is 3.86. The van der Waals surface area contributed by atoms with Gasteiger partial charge in [0.15, 0.2) is 5.78 Å². The van der Waals surface area contributed by atoms with E-state index in [2.05, 4.69) is 39.6 Å². The first kappa shape index (κ1) is 15.6. The molecule has 2 aliphatic rings. The van der Waals surface area contributed by atoms with Crippen LogP contribution >= 0.6 is 0 Å². The van der Waals surface area contributed by atoms with Gasteiger partial charge < -0.3 is 9.47 Å². The minimum Gasteiger partial charge on any atom is -0.368 e. The van der Waals surface area contributed by atoms with Gasteiger partial charge >= 0.3 is 0 Å². The molecular weight excluding hydrogens is 312 g/mol. The number of benzene rings is 1. The topological polar surface area (TPSA) is 61.9 Å². The zero-order valence-corrected chi connectivity index (χ0v) is 14.3. The van der Waals surface area contributed by atoms with Crippen molar-refractivity contribution < 1.29 is 4.79 Å². The van der Waals surface area contributed by atoms with Gasteiger partial charge in [0, 0.05) is 37.5 Å². The summed E-state index contributed by atoms with van der Waals surface area (Å²) < 4.78 is 2.11. The van der Waals surface area contributed by atoms with Crippen molar-refractivity contribution in [3.63, 3.8) is 0 Å². The molecule has 1 aromatic heterocycles. The third-order valence-corrected chi connectivity index (χ3v) is 5.24. The highest BCUT2D eigenvalue weighted by atomic mass is 16.1. The van der Waals surface area contributed by atoms with Gasteiger partial charge in [-0.25, -0.2) is 4.98 Å². The highest BCUT2D eigenvalue weighted by Crippen LogP contribution is 2.36. The molecule has 0 bridgehead atoms. The Morgan fingerprint density at radius 2 is 2.28 bits per heavy atom. The summed E-state index contributed by atoms with van der Waals surface area (Å²) in [6.07, 6.45) is 7.84. The summed E-state index contributed by atoms with van der Waals surface area (Å²) in [6, 6.07) is 8.78. The van der Waals surface area contributed by atoms with E-state index in [1.54, 1.807) is 6.20 Å². The Morgan fingerprint density at radius 1 is 1.40 bits per heavy atom. The average molecular weight is 332 g/mol. The van der Waals surface area contributed by atoms with Gasteiger partial charge in [0.05, 0.1) is 18.1 Å². The molecule has 2 aromatic rings. The van der Waals surface area contributed by atoms with Gasteiger partial charge in [-0.1, -0.05) is 19.1 Å². The monoisotopic (exact) mass is 332 g/mol. The number of Topliss-reactive ketones (excluding diaryl/α,β-unsaturated/α-hetero) is 1. The van der Waals surface area contributed by atoms with Crippen molar-refractivity contribution in [3.05, 3.63) is 59.2 Å². The SMILES string of the molecule is CCc1ccc2c(c1)C(N1CC[C@@H](n3ccnc3)C1)=C(C#N)C(=O)C2. The number of rotatable bonds is 3. The number of carbonyl (C=O) groups is 1. The number of carbonyl (C=O) groups excluding carboxylic acids is 1. The zero-order valence-electron chi connectivity index (χ0n) is 14.3. The van der Waals surface area contributed by atoms with E-state index >= 15 is 0 Å². The Labute approximate surface area is 147 Å². The molecule has 1 aliphatic heterocycles. The highest BCUT2D eigenvalue weighted by molar-refractivity contribution is 6.10. The number of imidazole rings is 1. The van der Waals surface area contributed by atoms with Gasteiger partial charge in [-0.15, -0.1) is 0 Å². The summed E-state index contributed by atoms with van der Waals surface area (Å²) in [5, 5.41) is 9.62. The minimum atomic E-state index is -0.0691. The number of ketones is 1. The molecule has 0 radical (unpaired) electrons. The van der Waals surface area contributed by atoms with E-state index in [0.717, 1.165) is 42.8 Å². The van der Waals surface area contributed by atoms with Crippen LogP contribution in [0.1, 0.15) is 36.1 Å². The normalized spacial score (nSPS) is 19.9. The summed E-state index contributed by atoms with van der Waals surface area (Å²) in [7, 11) is 0. The van der Waals surface area contributed by atoms with Crippen molar-refractivity contribution in [2.24, 2.45) is 0 Å². The lowest BCUT2D eigenvalue weighted by atomic mass is 9.87. The van der Waals surface area contributed by atoms with Crippen LogP contribution in [0, 0.1) is 11.3 Å². The van der Waals surface area contributed by atoms with Crippen molar-refractivity contribution in [1.82, 2.24) is 14.5 Å². The Balaban J connectivity index is 1.76. The molecule has 1 saturated heterocycles. The van der Waals surface area contributed by atoms with E-state index in [1.165, 1.54) is 5.56 Å². The van der Waals surface area contributed by atoms with Crippen LogP contribution < -0.4 is 0 Å². The predicted molar refractivity (Wildman–Crippen MR) is 94.5 cm³/mol. The smallest absolute Gasteiger partial charge is 0.179 e. The third-order valence-electron chi connectivity index (χ3n) is 5.24. The van der Waals surface area contributed by atoms with E-state index in [-0.39, 0.29) is 5.78 Å². The van der Waals surface area contributed by atoms with E-state index in [1.807, 2.05) is 18.6 Å². The summed E-state index contributed by atoms with van der Waals surface area (Å²) in [5.74, 6) is -0.0691. The minimum absolute atomic E-state index is 0.0691. The van der Waals surface area contributed by atoms with Crippen LogP contribution in [0.2, 0.25) is 0 Å². The number of aryl methyl sites for hydroxylation is 1. The van der Waals surface area contributed by atoms with Crippen LogP contribution in [-0.2, 0) is 17.6 Å². The first-order valence-corrected chi connectivity index (χ1v) is 8.73. The maximum Gasteiger partial charge on any atom is 0.179 e. The molecule has 4 rings (SSSR count). The molecule has 2 heterocycles. The largest absolute Gasteiger partial charge is 0.368 e. The molecule has 5 heteroatoms. The lowest BCUT2D eigenvalue weighted by Gasteiger charge is -2.28. The molecule has 1 aromatic carbocycles. The number of allylic oxidation sites excluding steroid dienone is 1. The lowest BCUT2D eigenvalue weighted by Crippen LogP contribution is -2.27.